The fraction of sp³-hybridized carbons (Fsp3) is 0.600. The number of halogens is 1. The van der Waals surface area contributed by atoms with Gasteiger partial charge in [-0.25, -0.2) is 4.39 Å². The molecule has 1 saturated carbocycles. The van der Waals surface area contributed by atoms with E-state index >= 15 is 0 Å². The highest BCUT2D eigenvalue weighted by atomic mass is 19.1. The molecule has 0 bridgehead atoms. The Balaban J connectivity index is 1.58. The molecule has 1 aromatic carbocycles. The lowest BCUT2D eigenvalue weighted by atomic mass is 9.62. The lowest BCUT2D eigenvalue weighted by Crippen LogP contribution is -2.64. The molecule has 3 aliphatic rings. The summed E-state index contributed by atoms with van der Waals surface area (Å²) >= 11 is 0. The van der Waals surface area contributed by atoms with Gasteiger partial charge in [0.05, 0.1) is 13.2 Å². The van der Waals surface area contributed by atoms with Crippen LogP contribution in [0.4, 0.5) is 4.39 Å². The minimum atomic E-state index is -0.0320. The molecule has 1 aromatic rings. The first-order valence-electron chi connectivity index (χ1n) is 6.87. The number of rotatable bonds is 1. The van der Waals surface area contributed by atoms with E-state index in [4.69, 9.17) is 4.74 Å². The summed E-state index contributed by atoms with van der Waals surface area (Å²) in [5.74, 6) is -0.0320. The van der Waals surface area contributed by atoms with Crippen LogP contribution in [0.2, 0.25) is 0 Å². The van der Waals surface area contributed by atoms with Gasteiger partial charge in [-0.1, -0.05) is 12.1 Å². The summed E-state index contributed by atoms with van der Waals surface area (Å²) in [6.45, 7) is 3.69. The second-order valence-corrected chi connectivity index (χ2v) is 6.01. The molecule has 1 unspecified atom stereocenters. The van der Waals surface area contributed by atoms with Crippen molar-refractivity contribution in [3.63, 3.8) is 0 Å². The van der Waals surface area contributed by atoms with Crippen molar-refractivity contribution < 1.29 is 9.13 Å². The Kier molecular flexibility index (Phi) is 2.30. The Morgan fingerprint density at radius 2 is 2.22 bits per heavy atom. The predicted octanol–water partition coefficient (Wildman–Crippen LogP) is 2.36. The molecular weight excluding hydrogens is 229 g/mol. The monoisotopic (exact) mass is 247 g/mol. The maximum Gasteiger partial charge on any atom is 0.127 e. The highest BCUT2D eigenvalue weighted by Crippen LogP contribution is 2.50. The fourth-order valence-corrected chi connectivity index (χ4v) is 3.78. The van der Waals surface area contributed by atoms with Crippen LogP contribution in [-0.4, -0.2) is 30.7 Å². The average Bonchev–Trinajstić information content (AvgIpc) is 2.27. The number of hydrogen-bond donors (Lipinski definition) is 0. The van der Waals surface area contributed by atoms with Crippen LogP contribution in [-0.2, 0) is 17.7 Å². The van der Waals surface area contributed by atoms with Crippen molar-refractivity contribution in [2.45, 2.75) is 31.8 Å². The summed E-state index contributed by atoms with van der Waals surface area (Å²) in [5, 5.41) is 0. The number of nitrogens with zero attached hydrogens (tertiary/aromatic N) is 1. The van der Waals surface area contributed by atoms with Crippen LogP contribution in [0.25, 0.3) is 0 Å². The van der Waals surface area contributed by atoms with E-state index in [0.29, 0.717) is 11.5 Å². The van der Waals surface area contributed by atoms with Crippen LogP contribution in [0.5, 0.6) is 0 Å². The van der Waals surface area contributed by atoms with E-state index in [2.05, 4.69) is 11.0 Å². The molecule has 18 heavy (non-hydrogen) atoms. The molecule has 1 spiro atoms. The van der Waals surface area contributed by atoms with Crippen molar-refractivity contribution in [1.29, 1.82) is 0 Å². The van der Waals surface area contributed by atoms with E-state index in [1.165, 1.54) is 18.4 Å². The SMILES string of the molecule is Fc1cccc2c1CN(C1CCC13COC3)CC2. The van der Waals surface area contributed by atoms with Gasteiger partial charge in [0, 0.05) is 30.1 Å². The molecule has 0 radical (unpaired) electrons. The van der Waals surface area contributed by atoms with E-state index < -0.39 is 0 Å². The van der Waals surface area contributed by atoms with Gasteiger partial charge in [0.2, 0.25) is 0 Å². The number of ether oxygens (including phenoxy) is 1. The van der Waals surface area contributed by atoms with E-state index in [1.54, 1.807) is 6.07 Å². The van der Waals surface area contributed by atoms with E-state index in [9.17, 15) is 4.39 Å². The third kappa shape index (κ3) is 1.41. The highest BCUT2D eigenvalue weighted by molar-refractivity contribution is 5.31. The second-order valence-electron chi connectivity index (χ2n) is 6.01. The summed E-state index contributed by atoms with van der Waals surface area (Å²) < 4.78 is 19.3. The van der Waals surface area contributed by atoms with Gasteiger partial charge in [-0.3, -0.25) is 4.90 Å². The van der Waals surface area contributed by atoms with Crippen LogP contribution < -0.4 is 0 Å². The van der Waals surface area contributed by atoms with Crippen LogP contribution in [0.1, 0.15) is 24.0 Å². The van der Waals surface area contributed by atoms with Crippen molar-refractivity contribution in [2.75, 3.05) is 19.8 Å². The number of benzene rings is 1. The van der Waals surface area contributed by atoms with E-state index in [1.807, 2.05) is 6.07 Å². The van der Waals surface area contributed by atoms with Gasteiger partial charge in [0.1, 0.15) is 5.82 Å². The first-order chi connectivity index (χ1) is 8.78. The van der Waals surface area contributed by atoms with Crippen molar-refractivity contribution in [2.24, 2.45) is 5.41 Å². The van der Waals surface area contributed by atoms with Crippen LogP contribution in [0.15, 0.2) is 18.2 Å². The van der Waals surface area contributed by atoms with Crippen LogP contribution in [0.3, 0.4) is 0 Å². The van der Waals surface area contributed by atoms with Crippen molar-refractivity contribution >= 4 is 0 Å². The first kappa shape index (κ1) is 10.9. The van der Waals surface area contributed by atoms with Gasteiger partial charge >= 0.3 is 0 Å². The molecule has 1 aliphatic carbocycles. The van der Waals surface area contributed by atoms with Gasteiger partial charge in [-0.15, -0.1) is 0 Å². The minimum absolute atomic E-state index is 0.0320. The predicted molar refractivity (Wildman–Crippen MR) is 66.8 cm³/mol. The quantitative estimate of drug-likeness (QED) is 0.755. The normalized spacial score (nSPS) is 29.5. The van der Waals surface area contributed by atoms with E-state index in [-0.39, 0.29) is 5.82 Å². The van der Waals surface area contributed by atoms with Gasteiger partial charge in [-0.05, 0) is 30.9 Å². The Morgan fingerprint density at radius 3 is 2.89 bits per heavy atom. The molecule has 2 aliphatic heterocycles. The first-order valence-corrected chi connectivity index (χ1v) is 6.87. The molecular formula is C15H18FNO. The molecule has 1 saturated heterocycles. The third-order valence-electron chi connectivity index (χ3n) is 5.09. The number of hydrogen-bond acceptors (Lipinski definition) is 2. The molecule has 96 valence electrons. The molecule has 0 aromatic heterocycles. The smallest absolute Gasteiger partial charge is 0.127 e. The summed E-state index contributed by atoms with van der Waals surface area (Å²) in [5.41, 5.74) is 2.54. The molecule has 2 nitrogen and oxygen atoms in total. The van der Waals surface area contributed by atoms with Gasteiger partial charge < -0.3 is 4.74 Å². The average molecular weight is 247 g/mol. The molecule has 2 heterocycles. The molecule has 1 atom stereocenters. The Bertz CT molecular complexity index is 478. The third-order valence-corrected chi connectivity index (χ3v) is 5.09. The van der Waals surface area contributed by atoms with Gasteiger partial charge in [0.25, 0.3) is 0 Å². The second kappa shape index (κ2) is 3.78. The van der Waals surface area contributed by atoms with Crippen molar-refractivity contribution in [1.82, 2.24) is 4.90 Å². The summed E-state index contributed by atoms with van der Waals surface area (Å²) in [6.07, 6.45) is 3.53. The van der Waals surface area contributed by atoms with Crippen molar-refractivity contribution in [3.05, 3.63) is 35.1 Å². The largest absolute Gasteiger partial charge is 0.380 e. The molecule has 0 N–H and O–H groups in total. The lowest BCUT2D eigenvalue weighted by molar-refractivity contribution is -0.205. The summed E-state index contributed by atoms with van der Waals surface area (Å²) in [7, 11) is 0. The molecule has 0 amide bonds. The summed E-state index contributed by atoms with van der Waals surface area (Å²) in [6, 6.07) is 6.11. The van der Waals surface area contributed by atoms with Crippen LogP contribution in [0, 0.1) is 11.2 Å². The highest BCUT2D eigenvalue weighted by Gasteiger charge is 2.54. The number of fused-ring (bicyclic) bond motifs is 1. The van der Waals surface area contributed by atoms with Crippen molar-refractivity contribution in [3.8, 4) is 0 Å². The zero-order chi connectivity index (χ0) is 12.2. The fourth-order valence-electron chi connectivity index (χ4n) is 3.78. The Hall–Kier alpha value is -0.930. The van der Waals surface area contributed by atoms with E-state index in [0.717, 1.165) is 38.3 Å². The standard InChI is InChI=1S/C15H18FNO/c16-13-3-1-2-11-5-7-17(8-12(11)13)14-4-6-15(14)9-18-10-15/h1-3,14H,4-10H2. The topological polar surface area (TPSA) is 12.5 Å². The Morgan fingerprint density at radius 1 is 1.33 bits per heavy atom. The zero-order valence-electron chi connectivity index (χ0n) is 10.5. The maximum absolute atomic E-state index is 13.9. The van der Waals surface area contributed by atoms with Crippen LogP contribution >= 0.6 is 0 Å². The molecule has 4 rings (SSSR count). The lowest BCUT2D eigenvalue weighted by Gasteiger charge is -2.59. The summed E-state index contributed by atoms with van der Waals surface area (Å²) in [4.78, 5) is 2.48. The maximum atomic E-state index is 13.9. The van der Waals surface area contributed by atoms with Gasteiger partial charge in [0.15, 0.2) is 0 Å². The molecule has 3 heteroatoms. The zero-order valence-corrected chi connectivity index (χ0v) is 10.5. The Labute approximate surface area is 107 Å². The molecule has 2 fully saturated rings. The van der Waals surface area contributed by atoms with Gasteiger partial charge in [-0.2, -0.15) is 0 Å². The minimum Gasteiger partial charge on any atom is -0.380 e.